The number of benzene rings is 2. The number of rotatable bonds is 5. The fourth-order valence-corrected chi connectivity index (χ4v) is 4.28. The molecule has 0 heterocycles. The molecule has 0 fully saturated rings. The normalized spacial score (nSPS) is 11.0. The quantitative estimate of drug-likeness (QED) is 0.793. The van der Waals surface area contributed by atoms with Gasteiger partial charge in [0.1, 0.15) is 5.82 Å². The van der Waals surface area contributed by atoms with E-state index in [0.717, 1.165) is 0 Å². The molecule has 0 unspecified atom stereocenters. The van der Waals surface area contributed by atoms with Gasteiger partial charge >= 0.3 is 0 Å². The van der Waals surface area contributed by atoms with E-state index in [0.29, 0.717) is 10.5 Å². The summed E-state index contributed by atoms with van der Waals surface area (Å²) in [6.07, 6.45) is 0. The van der Waals surface area contributed by atoms with E-state index in [1.54, 1.807) is 18.2 Å². The van der Waals surface area contributed by atoms with Gasteiger partial charge in [0, 0.05) is 10.6 Å². The second-order valence-corrected chi connectivity index (χ2v) is 7.48. The van der Waals surface area contributed by atoms with E-state index in [2.05, 4.69) is 0 Å². The van der Waals surface area contributed by atoms with Crippen LogP contribution in [0.3, 0.4) is 0 Å². The summed E-state index contributed by atoms with van der Waals surface area (Å²) in [6, 6.07) is 14.0. The molecule has 0 aliphatic carbocycles. The maximum atomic E-state index is 13.4. The van der Waals surface area contributed by atoms with E-state index < -0.39 is 9.84 Å². The van der Waals surface area contributed by atoms with Crippen molar-refractivity contribution in [2.75, 3.05) is 11.5 Å². The first-order valence-electron chi connectivity index (χ1n) is 6.13. The van der Waals surface area contributed by atoms with Crippen molar-refractivity contribution in [1.82, 2.24) is 0 Å². The van der Waals surface area contributed by atoms with Crippen LogP contribution in [0.25, 0.3) is 0 Å². The molecule has 0 atom stereocenters. The minimum absolute atomic E-state index is 0.0854. The molecule has 0 aliphatic heterocycles. The predicted octanol–water partition coefficient (Wildman–Crippen LogP) is 3.26. The van der Waals surface area contributed by atoms with Gasteiger partial charge in [-0.25, -0.2) is 12.8 Å². The monoisotopic (exact) mass is 321 g/mol. The molecule has 0 aromatic heterocycles. The standard InChI is InChI=1S/C15H12FNO2S2/c16-14-3-1-2-4-15(14)20-9-10-21(18,19)13-7-5-12(11-17)6-8-13/h1-8H,9-10H2. The lowest BCUT2D eigenvalue weighted by Crippen LogP contribution is -2.09. The third kappa shape index (κ3) is 4.06. The summed E-state index contributed by atoms with van der Waals surface area (Å²) in [5.74, 6) is -0.167. The predicted molar refractivity (Wildman–Crippen MR) is 80.3 cm³/mol. The summed E-state index contributed by atoms with van der Waals surface area (Å²) in [5.41, 5.74) is 0.412. The molecular formula is C15H12FNO2S2. The number of hydrogen-bond acceptors (Lipinski definition) is 4. The first kappa shape index (κ1) is 15.5. The van der Waals surface area contributed by atoms with Crippen molar-refractivity contribution in [3.8, 4) is 6.07 Å². The fraction of sp³-hybridized carbons (Fsp3) is 0.133. The van der Waals surface area contributed by atoms with Crippen LogP contribution >= 0.6 is 11.8 Å². The van der Waals surface area contributed by atoms with Gasteiger partial charge < -0.3 is 0 Å². The van der Waals surface area contributed by atoms with Crippen LogP contribution in [0.4, 0.5) is 4.39 Å². The fourth-order valence-electron chi connectivity index (χ4n) is 1.68. The third-order valence-electron chi connectivity index (χ3n) is 2.79. The van der Waals surface area contributed by atoms with Gasteiger partial charge in [-0.3, -0.25) is 0 Å². The largest absolute Gasteiger partial charge is 0.224 e. The molecule has 0 spiro atoms. The summed E-state index contributed by atoms with van der Waals surface area (Å²) in [4.78, 5) is 0.614. The first-order chi connectivity index (χ1) is 10.0. The number of nitrogens with zero attached hydrogens (tertiary/aromatic N) is 1. The van der Waals surface area contributed by atoms with Gasteiger partial charge in [-0.1, -0.05) is 12.1 Å². The molecule has 6 heteroatoms. The summed E-state index contributed by atoms with van der Waals surface area (Å²) in [5, 5.41) is 8.69. The van der Waals surface area contributed by atoms with E-state index >= 15 is 0 Å². The van der Waals surface area contributed by atoms with Gasteiger partial charge in [-0.15, -0.1) is 11.8 Å². The number of hydrogen-bond donors (Lipinski definition) is 0. The van der Waals surface area contributed by atoms with E-state index in [-0.39, 0.29) is 22.2 Å². The maximum Gasteiger partial charge on any atom is 0.179 e. The highest BCUT2D eigenvalue weighted by molar-refractivity contribution is 8.00. The number of halogens is 1. The Morgan fingerprint density at radius 2 is 1.76 bits per heavy atom. The van der Waals surface area contributed by atoms with Crippen LogP contribution in [0.2, 0.25) is 0 Å². The molecule has 3 nitrogen and oxygen atoms in total. The second-order valence-electron chi connectivity index (χ2n) is 4.23. The minimum Gasteiger partial charge on any atom is -0.224 e. The van der Waals surface area contributed by atoms with E-state index in [4.69, 9.17) is 5.26 Å². The van der Waals surface area contributed by atoms with Gasteiger partial charge in [0.2, 0.25) is 0 Å². The van der Waals surface area contributed by atoms with Crippen LogP contribution in [0.1, 0.15) is 5.56 Å². The van der Waals surface area contributed by atoms with Gasteiger partial charge in [0.05, 0.1) is 22.3 Å². The van der Waals surface area contributed by atoms with Crippen LogP contribution in [-0.2, 0) is 9.84 Å². The lowest BCUT2D eigenvalue weighted by Gasteiger charge is -2.05. The summed E-state index contributed by atoms with van der Waals surface area (Å²) >= 11 is 1.17. The minimum atomic E-state index is -3.42. The van der Waals surface area contributed by atoms with E-state index in [1.165, 1.54) is 42.1 Å². The molecule has 0 amide bonds. The molecule has 0 aliphatic rings. The molecule has 2 rings (SSSR count). The topological polar surface area (TPSA) is 57.9 Å². The van der Waals surface area contributed by atoms with Gasteiger partial charge in [-0.05, 0) is 36.4 Å². The Kier molecular flexibility index (Phi) is 4.99. The van der Waals surface area contributed by atoms with Crippen molar-refractivity contribution < 1.29 is 12.8 Å². The molecule has 0 N–H and O–H groups in total. The summed E-state index contributed by atoms with van der Waals surface area (Å²) in [6.45, 7) is 0. The van der Waals surface area contributed by atoms with Crippen molar-refractivity contribution in [1.29, 1.82) is 5.26 Å². The summed E-state index contributed by atoms with van der Waals surface area (Å²) in [7, 11) is -3.42. The lowest BCUT2D eigenvalue weighted by molar-refractivity contribution is 0.596. The Balaban J connectivity index is 2.01. The van der Waals surface area contributed by atoms with Gasteiger partial charge in [0.25, 0.3) is 0 Å². The third-order valence-corrected chi connectivity index (χ3v) is 5.83. The van der Waals surface area contributed by atoms with Gasteiger partial charge in [-0.2, -0.15) is 5.26 Å². The van der Waals surface area contributed by atoms with Crippen molar-refractivity contribution in [3.05, 3.63) is 59.9 Å². The second kappa shape index (κ2) is 6.74. The zero-order valence-electron chi connectivity index (χ0n) is 11.0. The number of sulfone groups is 1. The van der Waals surface area contributed by atoms with Gasteiger partial charge in [0.15, 0.2) is 9.84 Å². The molecule has 0 saturated heterocycles. The first-order valence-corrected chi connectivity index (χ1v) is 8.77. The Bertz CT molecular complexity index is 765. The highest BCUT2D eigenvalue weighted by Crippen LogP contribution is 2.22. The van der Waals surface area contributed by atoms with Crippen molar-refractivity contribution >= 4 is 21.6 Å². The Labute approximate surface area is 127 Å². The van der Waals surface area contributed by atoms with Crippen molar-refractivity contribution in [3.63, 3.8) is 0 Å². The highest BCUT2D eigenvalue weighted by atomic mass is 32.2. The van der Waals surface area contributed by atoms with Crippen LogP contribution in [0.15, 0.2) is 58.3 Å². The maximum absolute atomic E-state index is 13.4. The smallest absolute Gasteiger partial charge is 0.179 e. The Hall–Kier alpha value is -1.84. The number of nitriles is 1. The van der Waals surface area contributed by atoms with E-state index in [9.17, 15) is 12.8 Å². The highest BCUT2D eigenvalue weighted by Gasteiger charge is 2.14. The molecule has 0 saturated carbocycles. The van der Waals surface area contributed by atoms with Crippen LogP contribution in [0, 0.1) is 17.1 Å². The number of thioether (sulfide) groups is 1. The Morgan fingerprint density at radius 3 is 2.38 bits per heavy atom. The molecule has 108 valence electrons. The average Bonchev–Trinajstić information content (AvgIpc) is 2.49. The molecule has 2 aromatic rings. The Morgan fingerprint density at radius 1 is 1.10 bits per heavy atom. The van der Waals surface area contributed by atoms with Crippen LogP contribution in [0.5, 0.6) is 0 Å². The summed E-state index contributed by atoms with van der Waals surface area (Å²) < 4.78 is 37.6. The molecular weight excluding hydrogens is 309 g/mol. The molecule has 0 bridgehead atoms. The van der Waals surface area contributed by atoms with Crippen molar-refractivity contribution in [2.45, 2.75) is 9.79 Å². The molecule has 21 heavy (non-hydrogen) atoms. The zero-order valence-corrected chi connectivity index (χ0v) is 12.6. The SMILES string of the molecule is N#Cc1ccc(S(=O)(=O)CCSc2ccccc2F)cc1. The van der Waals surface area contributed by atoms with Crippen LogP contribution in [-0.4, -0.2) is 19.9 Å². The lowest BCUT2D eigenvalue weighted by atomic mass is 10.2. The zero-order chi connectivity index (χ0) is 15.3. The molecule has 0 radical (unpaired) electrons. The van der Waals surface area contributed by atoms with Crippen LogP contribution < -0.4 is 0 Å². The van der Waals surface area contributed by atoms with Crippen molar-refractivity contribution in [2.24, 2.45) is 0 Å². The van der Waals surface area contributed by atoms with E-state index in [1.807, 2.05) is 6.07 Å². The molecule has 2 aromatic carbocycles. The average molecular weight is 321 g/mol.